The fraction of sp³-hybridized carbons (Fsp3) is 0.500. The Morgan fingerprint density at radius 3 is 2.62 bits per heavy atom. The molecular weight excluding hydrogens is 539 g/mol. The van der Waals surface area contributed by atoms with Gasteiger partial charge in [0.1, 0.15) is 0 Å². The summed E-state index contributed by atoms with van der Waals surface area (Å²) in [4.78, 5) is 25.7. The van der Waals surface area contributed by atoms with Crippen LogP contribution in [0.5, 0.6) is 0 Å². The van der Waals surface area contributed by atoms with Gasteiger partial charge in [-0.25, -0.2) is 4.99 Å². The van der Waals surface area contributed by atoms with Crippen LogP contribution in [0.2, 0.25) is 0 Å². The molecule has 2 saturated heterocycles. The lowest BCUT2D eigenvalue weighted by Crippen LogP contribution is -2.48. The van der Waals surface area contributed by atoms with Gasteiger partial charge in [0, 0.05) is 57.9 Å². The quantitative estimate of drug-likeness (QED) is 0.286. The van der Waals surface area contributed by atoms with Crippen molar-refractivity contribution >= 4 is 35.8 Å². The highest BCUT2D eigenvalue weighted by Gasteiger charge is 2.21. The molecule has 7 nitrogen and oxygen atoms in total. The Labute approximate surface area is 220 Å². The first-order valence-electron chi connectivity index (χ1n) is 12.2. The number of likely N-dealkylation sites (tertiary alicyclic amines) is 2. The van der Waals surface area contributed by atoms with Crippen molar-refractivity contribution in [1.29, 1.82) is 0 Å². The second kappa shape index (κ2) is 13.6. The molecule has 0 aliphatic carbocycles. The Kier molecular flexibility index (Phi) is 10.6. The number of carbonyl (C=O) groups is 1. The van der Waals surface area contributed by atoms with E-state index in [1.54, 1.807) is 0 Å². The average Bonchev–Trinajstić information content (AvgIpc) is 3.24. The zero-order valence-electron chi connectivity index (χ0n) is 20.1. The molecule has 4 rings (SSSR count). The van der Waals surface area contributed by atoms with Gasteiger partial charge >= 0.3 is 0 Å². The van der Waals surface area contributed by atoms with Crippen molar-refractivity contribution in [1.82, 2.24) is 25.4 Å². The molecule has 2 aliphatic rings. The number of hydrogen-bond donors (Lipinski definition) is 2. The number of carbonyl (C=O) groups excluding carboxylic acids is 1. The number of amides is 1. The number of hydrogen-bond acceptors (Lipinski definition) is 4. The second-order valence-electron chi connectivity index (χ2n) is 8.95. The third-order valence-electron chi connectivity index (χ3n) is 6.34. The van der Waals surface area contributed by atoms with Crippen molar-refractivity contribution in [2.24, 2.45) is 4.99 Å². The molecule has 1 aromatic carbocycles. The highest BCUT2D eigenvalue weighted by Crippen LogP contribution is 2.16. The fourth-order valence-electron chi connectivity index (χ4n) is 4.56. The SMILES string of the molecule is CCNC(=NCc1cccc(CN2CCCC2=O)c1)NC1CCN(Cc2ccccn2)CC1.I. The van der Waals surface area contributed by atoms with Crippen LogP contribution in [0.1, 0.15) is 49.4 Å². The van der Waals surface area contributed by atoms with E-state index in [1.807, 2.05) is 17.2 Å². The molecule has 0 unspecified atom stereocenters. The first-order valence-corrected chi connectivity index (χ1v) is 12.2. The Bertz CT molecular complexity index is 930. The number of guanidine groups is 1. The van der Waals surface area contributed by atoms with Crippen LogP contribution in [0, 0.1) is 0 Å². The van der Waals surface area contributed by atoms with E-state index in [4.69, 9.17) is 4.99 Å². The van der Waals surface area contributed by atoms with Gasteiger partial charge in [-0.15, -0.1) is 24.0 Å². The molecule has 0 radical (unpaired) electrons. The van der Waals surface area contributed by atoms with Crippen LogP contribution in [-0.4, -0.2) is 58.9 Å². The molecule has 2 fully saturated rings. The average molecular weight is 577 g/mol. The first kappa shape index (κ1) is 26.4. The summed E-state index contributed by atoms with van der Waals surface area (Å²) in [6.07, 6.45) is 5.71. The minimum Gasteiger partial charge on any atom is -0.357 e. The topological polar surface area (TPSA) is 72.9 Å². The highest BCUT2D eigenvalue weighted by atomic mass is 127. The van der Waals surface area contributed by atoms with Gasteiger partial charge in [-0.1, -0.05) is 30.3 Å². The Balaban J connectivity index is 0.00000324. The number of aliphatic imine (C=N–C) groups is 1. The van der Waals surface area contributed by atoms with Crippen molar-refractivity contribution < 1.29 is 4.79 Å². The maximum atomic E-state index is 11.9. The summed E-state index contributed by atoms with van der Waals surface area (Å²) in [6.45, 7) is 8.16. The summed E-state index contributed by atoms with van der Waals surface area (Å²) in [5.41, 5.74) is 3.48. The predicted octanol–water partition coefficient (Wildman–Crippen LogP) is 3.54. The molecule has 2 N–H and O–H groups in total. The van der Waals surface area contributed by atoms with E-state index in [0.717, 1.165) is 63.6 Å². The van der Waals surface area contributed by atoms with Crippen LogP contribution < -0.4 is 10.6 Å². The maximum Gasteiger partial charge on any atom is 0.222 e. The molecule has 34 heavy (non-hydrogen) atoms. The Hall–Kier alpha value is -2.20. The molecule has 0 saturated carbocycles. The highest BCUT2D eigenvalue weighted by molar-refractivity contribution is 14.0. The van der Waals surface area contributed by atoms with Gasteiger partial charge in [0.15, 0.2) is 5.96 Å². The number of rotatable bonds is 8. The van der Waals surface area contributed by atoms with Crippen LogP contribution in [-0.2, 0) is 24.4 Å². The fourth-order valence-corrected chi connectivity index (χ4v) is 4.56. The Morgan fingerprint density at radius 2 is 1.91 bits per heavy atom. The number of aromatic nitrogens is 1. The summed E-state index contributed by atoms with van der Waals surface area (Å²) in [6, 6.07) is 15.0. The third-order valence-corrected chi connectivity index (χ3v) is 6.34. The van der Waals surface area contributed by atoms with Crippen molar-refractivity contribution in [3.05, 3.63) is 65.5 Å². The van der Waals surface area contributed by atoms with Gasteiger partial charge in [-0.2, -0.15) is 0 Å². The lowest BCUT2D eigenvalue weighted by Gasteiger charge is -2.32. The van der Waals surface area contributed by atoms with Gasteiger partial charge < -0.3 is 15.5 Å². The van der Waals surface area contributed by atoms with Crippen LogP contribution >= 0.6 is 24.0 Å². The molecule has 0 atom stereocenters. The molecule has 1 aromatic heterocycles. The summed E-state index contributed by atoms with van der Waals surface area (Å²) < 4.78 is 0. The number of halogens is 1. The molecule has 0 bridgehead atoms. The number of nitrogens with zero attached hydrogens (tertiary/aromatic N) is 4. The third kappa shape index (κ3) is 7.94. The first-order chi connectivity index (χ1) is 16.2. The summed E-state index contributed by atoms with van der Waals surface area (Å²) >= 11 is 0. The molecular formula is C26H37IN6O. The normalized spacial score (nSPS) is 17.5. The number of benzene rings is 1. The summed E-state index contributed by atoms with van der Waals surface area (Å²) in [5, 5.41) is 7.03. The van der Waals surface area contributed by atoms with Crippen LogP contribution in [0.3, 0.4) is 0 Å². The van der Waals surface area contributed by atoms with E-state index >= 15 is 0 Å². The number of piperidine rings is 1. The second-order valence-corrected chi connectivity index (χ2v) is 8.95. The number of nitrogens with one attached hydrogen (secondary N) is 2. The minimum absolute atomic E-state index is 0. The van der Waals surface area contributed by atoms with Crippen LogP contribution in [0.15, 0.2) is 53.7 Å². The maximum absolute atomic E-state index is 11.9. The standard InChI is InChI=1S/C26H36N6O.HI/c1-2-27-26(30-23-11-15-31(16-12-23)20-24-9-3-4-13-28-24)29-18-21-7-5-8-22(17-21)19-32-14-6-10-25(32)33;/h3-5,7-9,13,17,23H,2,6,10-12,14-16,18-20H2,1H3,(H2,27,29,30);1H. The van der Waals surface area contributed by atoms with Crippen molar-refractivity contribution in [3.63, 3.8) is 0 Å². The molecule has 2 aliphatic heterocycles. The molecule has 184 valence electrons. The van der Waals surface area contributed by atoms with Gasteiger partial charge in [0.25, 0.3) is 0 Å². The van der Waals surface area contributed by atoms with E-state index in [0.29, 0.717) is 25.6 Å². The molecule has 2 aromatic rings. The molecule has 3 heterocycles. The largest absolute Gasteiger partial charge is 0.357 e. The molecule has 0 spiro atoms. The van der Waals surface area contributed by atoms with Crippen LogP contribution in [0.4, 0.5) is 0 Å². The monoisotopic (exact) mass is 576 g/mol. The van der Waals surface area contributed by atoms with Gasteiger partial charge in [-0.05, 0) is 49.4 Å². The minimum atomic E-state index is 0. The van der Waals surface area contributed by atoms with E-state index in [9.17, 15) is 4.79 Å². The smallest absolute Gasteiger partial charge is 0.222 e. The van der Waals surface area contributed by atoms with Crippen molar-refractivity contribution in [2.45, 2.75) is 58.3 Å². The van der Waals surface area contributed by atoms with Crippen molar-refractivity contribution in [2.75, 3.05) is 26.2 Å². The van der Waals surface area contributed by atoms with E-state index in [1.165, 1.54) is 11.1 Å². The van der Waals surface area contributed by atoms with Gasteiger partial charge in [0.05, 0.1) is 12.2 Å². The summed E-state index contributed by atoms with van der Waals surface area (Å²) in [5.74, 6) is 1.14. The predicted molar refractivity (Wildman–Crippen MR) is 147 cm³/mol. The van der Waals surface area contributed by atoms with Gasteiger partial charge in [-0.3, -0.25) is 14.7 Å². The van der Waals surface area contributed by atoms with E-state index in [-0.39, 0.29) is 29.9 Å². The zero-order chi connectivity index (χ0) is 22.9. The number of pyridine rings is 1. The van der Waals surface area contributed by atoms with Crippen molar-refractivity contribution in [3.8, 4) is 0 Å². The van der Waals surface area contributed by atoms with E-state index < -0.39 is 0 Å². The van der Waals surface area contributed by atoms with Crippen LogP contribution in [0.25, 0.3) is 0 Å². The molecule has 1 amide bonds. The Morgan fingerprint density at radius 1 is 1.09 bits per heavy atom. The lowest BCUT2D eigenvalue weighted by atomic mass is 10.0. The molecule has 8 heteroatoms. The van der Waals surface area contributed by atoms with E-state index in [2.05, 4.69) is 63.8 Å². The van der Waals surface area contributed by atoms with Gasteiger partial charge in [0.2, 0.25) is 5.91 Å². The lowest BCUT2D eigenvalue weighted by molar-refractivity contribution is -0.128. The summed E-state index contributed by atoms with van der Waals surface area (Å²) in [7, 11) is 0. The zero-order valence-corrected chi connectivity index (χ0v) is 22.4.